The fourth-order valence-electron chi connectivity index (χ4n) is 5.22. The Kier molecular flexibility index (Phi) is 10.7. The number of methoxy groups -OCH3 is 1. The number of hydrogen-bond acceptors (Lipinski definition) is 7. The predicted octanol–water partition coefficient (Wildman–Crippen LogP) is 3.49. The molecular weight excluding hydrogens is 524 g/mol. The molecule has 220 valence electrons. The van der Waals surface area contributed by atoms with Crippen molar-refractivity contribution in [1.29, 1.82) is 0 Å². The second kappa shape index (κ2) is 14.6. The molecule has 2 heterocycles. The highest BCUT2D eigenvalue weighted by atomic mass is 16.5. The van der Waals surface area contributed by atoms with E-state index in [0.717, 1.165) is 42.7 Å². The van der Waals surface area contributed by atoms with E-state index in [1.165, 1.54) is 0 Å². The summed E-state index contributed by atoms with van der Waals surface area (Å²) in [6, 6.07) is 13.6. The number of likely N-dealkylation sites (tertiary alicyclic amines) is 1. The molecule has 1 aromatic heterocycles. The minimum Gasteiger partial charge on any atom is -0.462 e. The number of carbonyl (C=O) groups is 3. The van der Waals surface area contributed by atoms with Crippen LogP contribution in [0, 0.1) is 0 Å². The van der Waals surface area contributed by atoms with Crippen molar-refractivity contribution in [2.24, 2.45) is 5.73 Å². The number of hydrogen-bond donors (Lipinski definition) is 3. The van der Waals surface area contributed by atoms with Crippen molar-refractivity contribution in [1.82, 2.24) is 19.8 Å². The van der Waals surface area contributed by atoms with E-state index in [4.69, 9.17) is 20.2 Å². The number of nitrogens with zero attached hydrogens (tertiary/aromatic N) is 3. The zero-order valence-electron chi connectivity index (χ0n) is 23.8. The van der Waals surface area contributed by atoms with Gasteiger partial charge in [0.1, 0.15) is 5.82 Å². The third-order valence-corrected chi connectivity index (χ3v) is 7.19. The fraction of sp³-hybridized carbons (Fsp3) is 0.467. The van der Waals surface area contributed by atoms with Gasteiger partial charge in [-0.15, -0.1) is 0 Å². The molecule has 1 aliphatic rings. The highest BCUT2D eigenvalue weighted by molar-refractivity contribution is 6.00. The molecule has 3 aromatic rings. The molecule has 0 spiro atoms. The fourth-order valence-corrected chi connectivity index (χ4v) is 5.22. The quantitative estimate of drug-likeness (QED) is 0.226. The number of amides is 3. The number of esters is 1. The van der Waals surface area contributed by atoms with Crippen molar-refractivity contribution in [3.05, 3.63) is 59.9 Å². The van der Waals surface area contributed by atoms with Crippen LogP contribution < -0.4 is 16.4 Å². The first kappa shape index (κ1) is 30.0. The molecule has 2 aromatic carbocycles. The first-order valence-electron chi connectivity index (χ1n) is 14.2. The van der Waals surface area contributed by atoms with E-state index in [9.17, 15) is 14.4 Å². The summed E-state index contributed by atoms with van der Waals surface area (Å²) < 4.78 is 12.6. The van der Waals surface area contributed by atoms with Gasteiger partial charge in [-0.1, -0.05) is 24.3 Å². The number of benzene rings is 2. The van der Waals surface area contributed by atoms with Crippen molar-refractivity contribution >= 4 is 34.6 Å². The minimum atomic E-state index is -0.562. The molecule has 3 amide bonds. The average molecular weight is 565 g/mol. The Hall–Kier alpha value is -3.96. The molecule has 0 saturated carbocycles. The number of aromatic nitrogens is 2. The first-order valence-corrected chi connectivity index (χ1v) is 14.2. The van der Waals surface area contributed by atoms with Crippen molar-refractivity contribution in [3.63, 3.8) is 0 Å². The smallest absolute Gasteiger partial charge is 0.340 e. The molecule has 11 nitrogen and oxygen atoms in total. The number of imidazole rings is 1. The zero-order chi connectivity index (χ0) is 29.2. The summed E-state index contributed by atoms with van der Waals surface area (Å²) in [4.78, 5) is 44.7. The summed E-state index contributed by atoms with van der Waals surface area (Å²) >= 11 is 0. The number of urea groups is 1. The molecule has 0 bridgehead atoms. The first-order chi connectivity index (χ1) is 19.9. The molecule has 1 saturated heterocycles. The molecule has 0 radical (unpaired) electrons. The molecule has 1 fully saturated rings. The van der Waals surface area contributed by atoms with E-state index in [1.54, 1.807) is 38.3 Å². The lowest BCUT2D eigenvalue weighted by Gasteiger charge is -2.33. The van der Waals surface area contributed by atoms with Crippen molar-refractivity contribution in [2.75, 3.05) is 45.3 Å². The molecule has 2 atom stereocenters. The van der Waals surface area contributed by atoms with Gasteiger partial charge in [-0.3, -0.25) is 4.79 Å². The summed E-state index contributed by atoms with van der Waals surface area (Å²) in [5, 5.41) is 5.36. The highest BCUT2D eigenvalue weighted by Gasteiger charge is 2.29. The second-order valence-electron chi connectivity index (χ2n) is 10.2. The van der Waals surface area contributed by atoms with E-state index in [0.29, 0.717) is 25.4 Å². The van der Waals surface area contributed by atoms with E-state index in [2.05, 4.69) is 21.3 Å². The van der Waals surface area contributed by atoms with Crippen LogP contribution in [-0.2, 0) is 20.8 Å². The number of rotatable bonds is 12. The number of nitrogens with two attached hydrogens (primary N) is 1. The lowest BCUT2D eigenvalue weighted by atomic mass is 9.96. The van der Waals surface area contributed by atoms with Crippen molar-refractivity contribution < 1.29 is 23.9 Å². The van der Waals surface area contributed by atoms with Gasteiger partial charge < -0.3 is 35.3 Å². The number of ether oxygens (including phenoxy) is 2. The number of fused-ring (bicyclic) bond motifs is 1. The van der Waals surface area contributed by atoms with Gasteiger partial charge in [0.05, 0.1) is 28.9 Å². The maximum Gasteiger partial charge on any atom is 0.340 e. The number of anilines is 1. The lowest BCUT2D eigenvalue weighted by Crippen LogP contribution is -2.45. The standard InChI is InChI=1S/C30H40N6O5/c1-3-41-29(38)23-11-4-5-12-24(23)34-30(39)32-19-22(31)18-27(37)35-15-8-10-21(20-35)28-33-25-13-6-7-14-26(25)36(28)16-9-17-40-2/h4-7,11-14,21-22H,3,8-10,15-20,31H2,1-2H3,(H2,32,34,39)/t21-,22+/m1/s1. The SMILES string of the molecule is CCOC(=O)c1ccccc1NC(=O)NC[C@@H](N)CC(=O)N1CCC[C@@H](c2nc3ccccc3n2CCCOC)C1. The molecule has 11 heteroatoms. The Morgan fingerprint density at radius 3 is 2.73 bits per heavy atom. The number of para-hydroxylation sites is 3. The van der Waals surface area contributed by atoms with Crippen LogP contribution in [0.25, 0.3) is 11.0 Å². The maximum absolute atomic E-state index is 13.2. The molecule has 0 aliphatic carbocycles. The number of carbonyl (C=O) groups excluding carboxylic acids is 3. The van der Waals surface area contributed by atoms with Gasteiger partial charge in [0.25, 0.3) is 0 Å². The third-order valence-electron chi connectivity index (χ3n) is 7.19. The van der Waals surface area contributed by atoms with Gasteiger partial charge in [0.15, 0.2) is 0 Å². The summed E-state index contributed by atoms with van der Waals surface area (Å²) in [5.74, 6) is 0.572. The van der Waals surface area contributed by atoms with Crippen molar-refractivity contribution in [3.8, 4) is 0 Å². The van der Waals surface area contributed by atoms with Crippen LogP contribution in [0.15, 0.2) is 48.5 Å². The summed E-state index contributed by atoms with van der Waals surface area (Å²) in [6.07, 6.45) is 2.83. The Morgan fingerprint density at radius 1 is 1.15 bits per heavy atom. The van der Waals surface area contributed by atoms with Gasteiger partial charge in [0, 0.05) is 58.3 Å². The third kappa shape index (κ3) is 7.83. The van der Waals surface area contributed by atoms with E-state index in [-0.39, 0.29) is 37.0 Å². The maximum atomic E-state index is 13.2. The van der Waals surface area contributed by atoms with Gasteiger partial charge in [-0.25, -0.2) is 14.6 Å². The molecule has 41 heavy (non-hydrogen) atoms. The molecular formula is C30H40N6O5. The lowest BCUT2D eigenvalue weighted by molar-refractivity contribution is -0.132. The van der Waals surface area contributed by atoms with Gasteiger partial charge in [0.2, 0.25) is 5.91 Å². The van der Waals surface area contributed by atoms with Crippen LogP contribution >= 0.6 is 0 Å². The molecule has 4 N–H and O–H groups in total. The van der Waals surface area contributed by atoms with Crippen LogP contribution in [0.1, 0.15) is 54.7 Å². The normalized spacial score (nSPS) is 15.9. The van der Waals surface area contributed by atoms with Crippen molar-refractivity contribution in [2.45, 2.75) is 51.1 Å². The van der Waals surface area contributed by atoms with E-state index >= 15 is 0 Å². The zero-order valence-corrected chi connectivity index (χ0v) is 23.8. The number of nitrogens with one attached hydrogen (secondary N) is 2. The van der Waals surface area contributed by atoms with E-state index < -0.39 is 18.0 Å². The molecule has 4 rings (SSSR count). The van der Waals surface area contributed by atoms with Gasteiger partial charge >= 0.3 is 12.0 Å². The Morgan fingerprint density at radius 2 is 1.93 bits per heavy atom. The minimum absolute atomic E-state index is 0.0425. The Balaban J connectivity index is 1.32. The monoisotopic (exact) mass is 564 g/mol. The van der Waals surface area contributed by atoms with E-state index in [1.807, 2.05) is 23.1 Å². The molecule has 1 aliphatic heterocycles. The van der Waals surface area contributed by atoms with Crippen LogP contribution in [0.4, 0.5) is 10.5 Å². The van der Waals surface area contributed by atoms with Crippen LogP contribution in [-0.4, -0.2) is 78.4 Å². The average Bonchev–Trinajstić information content (AvgIpc) is 3.35. The number of piperidine rings is 1. The predicted molar refractivity (Wildman–Crippen MR) is 157 cm³/mol. The van der Waals surface area contributed by atoms with Crippen LogP contribution in [0.5, 0.6) is 0 Å². The summed E-state index contributed by atoms with van der Waals surface area (Å²) in [6.45, 7) is 4.77. The van der Waals surface area contributed by atoms with Crippen LogP contribution in [0.2, 0.25) is 0 Å². The Labute approximate surface area is 240 Å². The summed E-state index contributed by atoms with van der Waals surface area (Å²) in [5.41, 5.74) is 8.88. The summed E-state index contributed by atoms with van der Waals surface area (Å²) in [7, 11) is 1.70. The highest BCUT2D eigenvalue weighted by Crippen LogP contribution is 2.30. The molecule has 0 unspecified atom stereocenters. The number of aryl methyl sites for hydroxylation is 1. The largest absolute Gasteiger partial charge is 0.462 e. The Bertz CT molecular complexity index is 1340. The van der Waals surface area contributed by atoms with Crippen LogP contribution in [0.3, 0.4) is 0 Å². The van der Waals surface area contributed by atoms with Gasteiger partial charge in [-0.2, -0.15) is 0 Å². The second-order valence-corrected chi connectivity index (χ2v) is 10.2. The topological polar surface area (TPSA) is 141 Å². The van der Waals surface area contributed by atoms with Gasteiger partial charge in [-0.05, 0) is 50.5 Å².